The number of methoxy groups -OCH3 is 1. The lowest BCUT2D eigenvalue weighted by atomic mass is 9.81. The van der Waals surface area contributed by atoms with Crippen molar-refractivity contribution in [2.45, 2.75) is 49.1 Å². The van der Waals surface area contributed by atoms with Crippen LogP contribution in [0.25, 0.3) is 5.69 Å². The third-order valence-electron chi connectivity index (χ3n) is 8.48. The van der Waals surface area contributed by atoms with E-state index >= 15 is 0 Å². The van der Waals surface area contributed by atoms with Gasteiger partial charge in [-0.3, -0.25) is 9.36 Å². The van der Waals surface area contributed by atoms with Crippen LogP contribution in [-0.2, 0) is 11.2 Å². The van der Waals surface area contributed by atoms with Gasteiger partial charge in [0.1, 0.15) is 17.4 Å². The van der Waals surface area contributed by atoms with E-state index in [1.54, 1.807) is 31.5 Å². The summed E-state index contributed by atoms with van der Waals surface area (Å²) in [6.07, 6.45) is 3.68. The van der Waals surface area contributed by atoms with E-state index in [1.807, 2.05) is 16.7 Å². The van der Waals surface area contributed by atoms with E-state index in [1.165, 1.54) is 36.0 Å². The van der Waals surface area contributed by atoms with Gasteiger partial charge in [0, 0.05) is 22.4 Å². The van der Waals surface area contributed by atoms with Crippen molar-refractivity contribution in [3.8, 4) is 11.4 Å². The number of carbonyl (C=O) groups excluding carboxylic acids is 1. The van der Waals surface area contributed by atoms with Gasteiger partial charge in [-0.15, -0.1) is 0 Å². The molecule has 0 aliphatic carbocycles. The Bertz CT molecular complexity index is 1710. The molecule has 0 spiro atoms. The molecule has 0 saturated carbocycles. The minimum atomic E-state index is -0.598. The summed E-state index contributed by atoms with van der Waals surface area (Å²) in [7, 11) is 5.87. The van der Waals surface area contributed by atoms with Crippen LogP contribution in [0, 0.1) is 11.6 Å². The van der Waals surface area contributed by atoms with Crippen LogP contribution in [0.1, 0.15) is 53.9 Å². The third-order valence-corrected chi connectivity index (χ3v) is 10.2. The van der Waals surface area contributed by atoms with Crippen LogP contribution in [0.15, 0.2) is 66.0 Å². The fourth-order valence-electron chi connectivity index (χ4n) is 5.92. The normalized spacial score (nSPS) is 16.4. The van der Waals surface area contributed by atoms with Crippen LogP contribution in [0.5, 0.6) is 5.75 Å². The number of nitrogens with one attached hydrogen (secondary N) is 1. The van der Waals surface area contributed by atoms with Crippen molar-refractivity contribution in [1.29, 1.82) is 0 Å². The van der Waals surface area contributed by atoms with Crippen molar-refractivity contribution in [2.75, 3.05) is 34.3 Å². The summed E-state index contributed by atoms with van der Waals surface area (Å²) < 4.78 is 37.0. The number of hydrogen-bond acceptors (Lipinski definition) is 4. The smallest absolute Gasteiger partial charge is 0.252 e. The first kappa shape index (κ1) is 33.3. The maximum absolute atomic E-state index is 14.8. The quantitative estimate of drug-likeness (QED) is 0.144. The van der Waals surface area contributed by atoms with E-state index in [9.17, 15) is 13.6 Å². The van der Waals surface area contributed by atoms with Crippen LogP contribution in [0.2, 0.25) is 10.0 Å². The van der Waals surface area contributed by atoms with Crippen molar-refractivity contribution in [2.24, 2.45) is 0 Å². The molecule has 0 radical (unpaired) electrons. The Labute approximate surface area is 277 Å². The summed E-state index contributed by atoms with van der Waals surface area (Å²) in [6, 6.07) is 14.5. The molecule has 1 atom stereocenters. The Hall–Kier alpha value is -3.11. The molecule has 0 unspecified atom stereocenters. The third kappa shape index (κ3) is 7.17. The molecule has 5 rings (SSSR count). The molecule has 2 heterocycles. The zero-order valence-corrected chi connectivity index (χ0v) is 28.3. The number of likely N-dealkylation sites (N-methyl/N-ethyl adjacent to an activating group) is 1. The molecule has 45 heavy (non-hydrogen) atoms. The molecular formula is C34H37Cl2F2N4O2S+. The highest BCUT2D eigenvalue weighted by Gasteiger charge is 2.32. The van der Waals surface area contributed by atoms with Gasteiger partial charge in [-0.2, -0.15) is 0 Å². The Morgan fingerprint density at radius 3 is 2.56 bits per heavy atom. The monoisotopic (exact) mass is 673 g/mol. The number of ether oxygens (including phenoxy) is 1. The van der Waals surface area contributed by atoms with Gasteiger partial charge in [-0.1, -0.05) is 54.9 Å². The Kier molecular flexibility index (Phi) is 9.84. The molecule has 238 valence electrons. The van der Waals surface area contributed by atoms with Gasteiger partial charge >= 0.3 is 0 Å². The number of hydrogen-bond donors (Lipinski definition) is 1. The van der Waals surface area contributed by atoms with Crippen molar-refractivity contribution < 1.29 is 22.8 Å². The number of quaternary nitrogens is 1. The lowest BCUT2D eigenvalue weighted by Gasteiger charge is -2.38. The van der Waals surface area contributed by atoms with E-state index in [4.69, 9.17) is 32.9 Å². The predicted molar refractivity (Wildman–Crippen MR) is 177 cm³/mol. The number of rotatable bonds is 9. The van der Waals surface area contributed by atoms with Crippen LogP contribution in [0.4, 0.5) is 8.78 Å². The van der Waals surface area contributed by atoms with Gasteiger partial charge in [0.2, 0.25) is 0 Å². The topological polar surface area (TPSA) is 56.1 Å². The molecule has 3 aromatic carbocycles. The van der Waals surface area contributed by atoms with Crippen LogP contribution in [0.3, 0.4) is 0 Å². The summed E-state index contributed by atoms with van der Waals surface area (Å²) in [6.45, 7) is 5.98. The van der Waals surface area contributed by atoms with E-state index < -0.39 is 11.2 Å². The molecule has 1 fully saturated rings. The number of thioether (sulfide) groups is 1. The average molecular weight is 675 g/mol. The Morgan fingerprint density at radius 2 is 1.87 bits per heavy atom. The Morgan fingerprint density at radius 1 is 1.13 bits per heavy atom. The summed E-state index contributed by atoms with van der Waals surface area (Å²) in [5, 5.41) is 4.13. The highest BCUT2D eigenvalue weighted by atomic mass is 35.5. The first-order chi connectivity index (χ1) is 21.3. The zero-order valence-electron chi connectivity index (χ0n) is 26.0. The van der Waals surface area contributed by atoms with Gasteiger partial charge < -0.3 is 14.5 Å². The molecule has 1 amide bonds. The number of piperidine rings is 1. The number of nitrogens with zero attached hydrogens (tertiary/aromatic N) is 3. The van der Waals surface area contributed by atoms with Gasteiger partial charge in [-0.05, 0) is 72.5 Å². The number of aromatic nitrogens is 2. The summed E-state index contributed by atoms with van der Waals surface area (Å²) in [5.41, 5.74) is 2.58. The molecule has 4 aromatic rings. The van der Waals surface area contributed by atoms with Gasteiger partial charge in [0.15, 0.2) is 5.16 Å². The summed E-state index contributed by atoms with van der Waals surface area (Å²) in [5.74, 6) is -0.511. The SMILES string of the molecule is COc1cc(C(C)(C)c2cnc(SCc3c(C(=O)N[C@@H]4CCC[N+](C)(C)C4)ccc(F)c3Cl)n2-c2ccc(F)cc2)ccc1Cl. The number of imidazole rings is 1. The standard InChI is InChI=1S/C34H36Cl2F2N4O2S/c1-34(2,21-8-14-27(35)29(17-21)44-5)30-18-39-33(41(30)24-11-9-22(37)10-12-24)45-20-26-25(13-15-28(38)31(26)36)32(43)40-23-7-6-16-42(3,4)19-23/h8-15,17-18,23H,6-7,16,19-20H2,1-5H3/p+1/t23-/m1/s1. The van der Waals surface area contributed by atoms with Crippen molar-refractivity contribution in [3.05, 3.63) is 105 Å². The molecular weight excluding hydrogens is 637 g/mol. The largest absolute Gasteiger partial charge is 0.495 e. The van der Waals surface area contributed by atoms with Gasteiger partial charge in [-0.25, -0.2) is 13.8 Å². The van der Waals surface area contributed by atoms with Crippen LogP contribution in [-0.4, -0.2) is 60.3 Å². The lowest BCUT2D eigenvalue weighted by Crippen LogP contribution is -2.55. The zero-order chi connectivity index (χ0) is 32.5. The molecule has 6 nitrogen and oxygen atoms in total. The van der Waals surface area contributed by atoms with Gasteiger partial charge in [0.25, 0.3) is 5.91 Å². The second-order valence-corrected chi connectivity index (χ2v) is 14.3. The van der Waals surface area contributed by atoms with Gasteiger partial charge in [0.05, 0.1) is 62.3 Å². The van der Waals surface area contributed by atoms with Crippen LogP contribution < -0.4 is 10.1 Å². The summed E-state index contributed by atoms with van der Waals surface area (Å²) in [4.78, 5) is 18.3. The van der Waals surface area contributed by atoms with Crippen molar-refractivity contribution in [3.63, 3.8) is 0 Å². The summed E-state index contributed by atoms with van der Waals surface area (Å²) >= 11 is 14.1. The second-order valence-electron chi connectivity index (χ2n) is 12.5. The van der Waals surface area contributed by atoms with E-state index in [0.717, 1.165) is 41.7 Å². The number of halogens is 4. The number of benzene rings is 3. The van der Waals surface area contributed by atoms with E-state index in [0.29, 0.717) is 32.7 Å². The molecule has 1 aromatic heterocycles. The lowest BCUT2D eigenvalue weighted by molar-refractivity contribution is -0.896. The van der Waals surface area contributed by atoms with Crippen LogP contribution >= 0.6 is 35.0 Å². The molecule has 1 aliphatic rings. The Balaban J connectivity index is 1.50. The molecule has 11 heteroatoms. The van der Waals surface area contributed by atoms with E-state index in [-0.39, 0.29) is 28.5 Å². The molecule has 1 saturated heterocycles. The highest BCUT2D eigenvalue weighted by molar-refractivity contribution is 7.98. The van der Waals surface area contributed by atoms with Crippen molar-refractivity contribution >= 4 is 40.9 Å². The average Bonchev–Trinajstić information content (AvgIpc) is 3.42. The first-order valence-electron chi connectivity index (χ1n) is 14.7. The maximum Gasteiger partial charge on any atom is 0.252 e. The fourth-order valence-corrected chi connectivity index (χ4v) is 7.46. The highest BCUT2D eigenvalue weighted by Crippen LogP contribution is 2.40. The number of amides is 1. The van der Waals surface area contributed by atoms with Crippen molar-refractivity contribution in [1.82, 2.24) is 14.9 Å². The molecule has 1 aliphatic heterocycles. The molecule has 1 N–H and O–H groups in total. The van der Waals surface area contributed by atoms with E-state index in [2.05, 4.69) is 33.3 Å². The number of likely N-dealkylation sites (tertiary alicyclic amines) is 1. The second kappa shape index (κ2) is 13.3. The number of carbonyl (C=O) groups is 1. The minimum Gasteiger partial charge on any atom is -0.495 e. The minimum absolute atomic E-state index is 0.0132. The predicted octanol–water partition coefficient (Wildman–Crippen LogP) is 8.05. The molecule has 0 bridgehead atoms. The maximum atomic E-state index is 14.8. The fraction of sp³-hybridized carbons (Fsp3) is 0.353. The first-order valence-corrected chi connectivity index (χ1v) is 16.5.